The van der Waals surface area contributed by atoms with Gasteiger partial charge >= 0.3 is 0 Å². The van der Waals surface area contributed by atoms with Gasteiger partial charge in [-0.2, -0.15) is 5.10 Å². The fourth-order valence-electron chi connectivity index (χ4n) is 4.26. The normalized spacial score (nSPS) is 27.2. The first-order valence-electron chi connectivity index (χ1n) is 8.96. The number of piperidine rings is 1. The summed E-state index contributed by atoms with van der Waals surface area (Å²) in [5.41, 5.74) is 9.30. The molecule has 22 heavy (non-hydrogen) atoms. The lowest BCUT2D eigenvalue weighted by molar-refractivity contribution is 0.0895. The first kappa shape index (κ1) is 16.0. The van der Waals surface area contributed by atoms with Gasteiger partial charge in [-0.05, 0) is 24.7 Å². The summed E-state index contributed by atoms with van der Waals surface area (Å²) < 4.78 is 2.01. The van der Waals surface area contributed by atoms with Crippen LogP contribution in [0.25, 0.3) is 0 Å². The van der Waals surface area contributed by atoms with E-state index in [2.05, 4.69) is 32.0 Å². The van der Waals surface area contributed by atoms with Crippen molar-refractivity contribution in [1.82, 2.24) is 14.7 Å². The smallest absolute Gasteiger partial charge is 0.0700 e. The summed E-state index contributed by atoms with van der Waals surface area (Å²) in [6.45, 7) is 7.84. The van der Waals surface area contributed by atoms with Crippen molar-refractivity contribution in [3.8, 4) is 0 Å². The molecule has 2 aliphatic rings. The Morgan fingerprint density at radius 3 is 2.64 bits per heavy atom. The molecule has 0 aromatic carbocycles. The highest BCUT2D eigenvalue weighted by atomic mass is 15.3. The van der Waals surface area contributed by atoms with Gasteiger partial charge in [0.1, 0.15) is 0 Å². The van der Waals surface area contributed by atoms with E-state index in [1.165, 1.54) is 43.4 Å². The standard InChI is InChI=1S/C18H32N4/c1-18(2)13-22(10-9-16(18)19)12-15-11-21(3)20-17(15)14-7-5-4-6-8-14/h11,14,16H,4-10,12-13,19H2,1-3H3. The molecule has 0 amide bonds. The van der Waals surface area contributed by atoms with E-state index in [0.29, 0.717) is 12.0 Å². The fraction of sp³-hybridized carbons (Fsp3) is 0.833. The molecular weight excluding hydrogens is 272 g/mol. The molecule has 2 fully saturated rings. The van der Waals surface area contributed by atoms with Crippen LogP contribution in [0.2, 0.25) is 0 Å². The van der Waals surface area contributed by atoms with Crippen molar-refractivity contribution in [3.05, 3.63) is 17.5 Å². The highest BCUT2D eigenvalue weighted by Crippen LogP contribution is 2.35. The van der Waals surface area contributed by atoms with Crippen LogP contribution in [0, 0.1) is 5.41 Å². The minimum absolute atomic E-state index is 0.214. The van der Waals surface area contributed by atoms with Crippen LogP contribution in [0.15, 0.2) is 6.20 Å². The lowest BCUT2D eigenvalue weighted by Crippen LogP contribution is -2.52. The van der Waals surface area contributed by atoms with Crippen molar-refractivity contribution in [2.24, 2.45) is 18.2 Å². The van der Waals surface area contributed by atoms with Crippen molar-refractivity contribution in [2.45, 2.75) is 70.9 Å². The van der Waals surface area contributed by atoms with E-state index in [4.69, 9.17) is 10.8 Å². The number of nitrogens with zero attached hydrogens (tertiary/aromatic N) is 3. The summed E-state index contributed by atoms with van der Waals surface area (Å²) in [7, 11) is 2.06. The molecule has 1 saturated carbocycles. The van der Waals surface area contributed by atoms with E-state index >= 15 is 0 Å². The summed E-state index contributed by atoms with van der Waals surface area (Å²) in [5, 5.41) is 4.82. The lowest BCUT2D eigenvalue weighted by atomic mass is 9.79. The SMILES string of the molecule is Cn1cc(CN2CCC(N)C(C)(C)C2)c(C2CCCCC2)n1. The van der Waals surface area contributed by atoms with Crippen molar-refractivity contribution in [3.63, 3.8) is 0 Å². The third-order valence-electron chi connectivity index (χ3n) is 5.71. The monoisotopic (exact) mass is 304 g/mol. The molecule has 0 bridgehead atoms. The van der Waals surface area contributed by atoms with Gasteiger partial charge < -0.3 is 5.73 Å². The zero-order chi connectivity index (χ0) is 15.7. The number of likely N-dealkylation sites (tertiary alicyclic amines) is 1. The maximum atomic E-state index is 6.28. The molecule has 2 N–H and O–H groups in total. The second-order valence-corrected chi connectivity index (χ2v) is 8.14. The molecule has 1 aliphatic carbocycles. The van der Waals surface area contributed by atoms with E-state index in [0.717, 1.165) is 26.1 Å². The zero-order valence-corrected chi connectivity index (χ0v) is 14.5. The topological polar surface area (TPSA) is 47.1 Å². The van der Waals surface area contributed by atoms with E-state index in [1.807, 2.05) is 4.68 Å². The van der Waals surface area contributed by atoms with Crippen LogP contribution in [0.1, 0.15) is 69.5 Å². The molecule has 1 aromatic heterocycles. The molecule has 1 aliphatic heterocycles. The first-order valence-corrected chi connectivity index (χ1v) is 8.96. The minimum atomic E-state index is 0.214. The van der Waals surface area contributed by atoms with Gasteiger partial charge in [-0.3, -0.25) is 9.58 Å². The highest BCUT2D eigenvalue weighted by molar-refractivity contribution is 5.22. The Labute approximate surface area is 135 Å². The molecular formula is C18H32N4. The van der Waals surface area contributed by atoms with Crippen LogP contribution in [0.4, 0.5) is 0 Å². The summed E-state index contributed by atoms with van der Waals surface area (Å²) >= 11 is 0. The van der Waals surface area contributed by atoms with E-state index < -0.39 is 0 Å². The van der Waals surface area contributed by atoms with Crippen molar-refractivity contribution < 1.29 is 0 Å². The Balaban J connectivity index is 1.72. The van der Waals surface area contributed by atoms with E-state index in [9.17, 15) is 0 Å². The molecule has 4 nitrogen and oxygen atoms in total. The van der Waals surface area contributed by atoms with Crippen LogP contribution in [0.3, 0.4) is 0 Å². The van der Waals surface area contributed by atoms with Crippen LogP contribution in [0.5, 0.6) is 0 Å². The average molecular weight is 304 g/mol. The van der Waals surface area contributed by atoms with Crippen LogP contribution < -0.4 is 5.73 Å². The van der Waals surface area contributed by atoms with Gasteiger partial charge in [-0.1, -0.05) is 33.1 Å². The van der Waals surface area contributed by atoms with Gasteiger partial charge in [-0.15, -0.1) is 0 Å². The average Bonchev–Trinajstić information content (AvgIpc) is 2.84. The number of rotatable bonds is 3. The quantitative estimate of drug-likeness (QED) is 0.933. The number of aromatic nitrogens is 2. The molecule has 3 rings (SSSR count). The van der Waals surface area contributed by atoms with E-state index in [-0.39, 0.29) is 5.41 Å². The summed E-state index contributed by atoms with van der Waals surface area (Å²) in [5.74, 6) is 0.685. The summed E-state index contributed by atoms with van der Waals surface area (Å²) in [4.78, 5) is 2.58. The van der Waals surface area contributed by atoms with Gasteiger partial charge in [0.05, 0.1) is 5.69 Å². The van der Waals surface area contributed by atoms with Crippen LogP contribution in [-0.4, -0.2) is 33.8 Å². The zero-order valence-electron chi connectivity index (χ0n) is 14.5. The van der Waals surface area contributed by atoms with Gasteiger partial charge in [-0.25, -0.2) is 0 Å². The van der Waals surface area contributed by atoms with Gasteiger partial charge in [0.25, 0.3) is 0 Å². The molecule has 1 unspecified atom stereocenters. The molecule has 2 heterocycles. The molecule has 4 heteroatoms. The van der Waals surface area contributed by atoms with E-state index in [1.54, 1.807) is 0 Å². The number of aryl methyl sites for hydroxylation is 1. The Bertz CT molecular complexity index is 499. The van der Waals surface area contributed by atoms with Crippen molar-refractivity contribution >= 4 is 0 Å². The third kappa shape index (κ3) is 3.38. The summed E-state index contributed by atoms with van der Waals surface area (Å²) in [6.07, 6.45) is 10.1. The predicted molar refractivity (Wildman–Crippen MR) is 90.7 cm³/mol. The largest absolute Gasteiger partial charge is 0.327 e. The third-order valence-corrected chi connectivity index (χ3v) is 5.71. The Hall–Kier alpha value is -0.870. The molecule has 0 spiro atoms. The van der Waals surface area contributed by atoms with Crippen molar-refractivity contribution in [2.75, 3.05) is 13.1 Å². The molecule has 1 aromatic rings. The molecule has 1 atom stereocenters. The van der Waals surface area contributed by atoms with Gasteiger partial charge in [0.15, 0.2) is 0 Å². The molecule has 1 saturated heterocycles. The highest BCUT2D eigenvalue weighted by Gasteiger charge is 2.34. The van der Waals surface area contributed by atoms with Gasteiger partial charge in [0, 0.05) is 50.4 Å². The minimum Gasteiger partial charge on any atom is -0.327 e. The molecule has 124 valence electrons. The summed E-state index contributed by atoms with van der Waals surface area (Å²) in [6, 6.07) is 0.329. The first-order chi connectivity index (χ1) is 10.5. The second-order valence-electron chi connectivity index (χ2n) is 8.14. The second kappa shape index (κ2) is 6.32. The lowest BCUT2D eigenvalue weighted by Gasteiger charge is -2.42. The maximum absolute atomic E-state index is 6.28. The number of hydrogen-bond acceptors (Lipinski definition) is 3. The Morgan fingerprint density at radius 1 is 1.23 bits per heavy atom. The molecule has 0 radical (unpaired) electrons. The predicted octanol–water partition coefficient (Wildman–Crippen LogP) is 3.03. The number of hydrogen-bond donors (Lipinski definition) is 1. The maximum Gasteiger partial charge on any atom is 0.0700 e. The fourth-order valence-corrected chi connectivity index (χ4v) is 4.26. The van der Waals surface area contributed by atoms with Crippen molar-refractivity contribution in [1.29, 1.82) is 0 Å². The van der Waals surface area contributed by atoms with Crippen LogP contribution >= 0.6 is 0 Å². The number of nitrogens with two attached hydrogens (primary N) is 1. The van der Waals surface area contributed by atoms with Crippen LogP contribution in [-0.2, 0) is 13.6 Å². The Kier molecular flexibility index (Phi) is 4.60. The Morgan fingerprint density at radius 2 is 1.95 bits per heavy atom. The van der Waals surface area contributed by atoms with Gasteiger partial charge in [0.2, 0.25) is 0 Å².